The standard InChI is InChI=1S/C15H13N3O2/c1-11-13(10-19-14-8-5-9-16-17-14)15(18-20-11)12-6-3-2-4-7-12/h2-9H,10H2,1H3. The van der Waals surface area contributed by atoms with Gasteiger partial charge in [-0.3, -0.25) is 0 Å². The highest BCUT2D eigenvalue weighted by molar-refractivity contribution is 5.63. The second-order valence-electron chi connectivity index (χ2n) is 4.28. The summed E-state index contributed by atoms with van der Waals surface area (Å²) in [6, 6.07) is 13.4. The summed E-state index contributed by atoms with van der Waals surface area (Å²) < 4.78 is 10.9. The highest BCUT2D eigenvalue weighted by atomic mass is 16.5. The number of aryl methyl sites for hydroxylation is 1. The molecule has 0 unspecified atom stereocenters. The van der Waals surface area contributed by atoms with Crippen LogP contribution in [0.3, 0.4) is 0 Å². The Morgan fingerprint density at radius 3 is 2.70 bits per heavy atom. The minimum absolute atomic E-state index is 0.345. The first-order valence-electron chi connectivity index (χ1n) is 6.25. The molecule has 0 aliphatic rings. The van der Waals surface area contributed by atoms with E-state index in [0.29, 0.717) is 12.5 Å². The van der Waals surface area contributed by atoms with Crippen molar-refractivity contribution in [3.8, 4) is 17.1 Å². The van der Waals surface area contributed by atoms with Gasteiger partial charge in [-0.2, -0.15) is 5.10 Å². The Morgan fingerprint density at radius 2 is 1.95 bits per heavy atom. The van der Waals surface area contributed by atoms with Crippen molar-refractivity contribution in [3.63, 3.8) is 0 Å². The normalized spacial score (nSPS) is 10.4. The van der Waals surface area contributed by atoms with E-state index in [-0.39, 0.29) is 0 Å². The quantitative estimate of drug-likeness (QED) is 0.727. The van der Waals surface area contributed by atoms with Crippen LogP contribution in [0.1, 0.15) is 11.3 Å². The van der Waals surface area contributed by atoms with Crippen LogP contribution in [0.5, 0.6) is 5.88 Å². The first-order chi connectivity index (χ1) is 9.84. The summed E-state index contributed by atoms with van der Waals surface area (Å²) >= 11 is 0. The van der Waals surface area contributed by atoms with E-state index in [1.165, 1.54) is 0 Å². The molecule has 100 valence electrons. The molecule has 0 fully saturated rings. The topological polar surface area (TPSA) is 61.0 Å². The molecule has 1 aromatic carbocycles. The minimum Gasteiger partial charge on any atom is -0.472 e. The van der Waals surface area contributed by atoms with E-state index in [4.69, 9.17) is 9.26 Å². The van der Waals surface area contributed by atoms with Gasteiger partial charge < -0.3 is 9.26 Å². The summed E-state index contributed by atoms with van der Waals surface area (Å²) in [6.07, 6.45) is 1.60. The van der Waals surface area contributed by atoms with Crippen LogP contribution in [-0.4, -0.2) is 15.4 Å². The molecule has 0 amide bonds. The van der Waals surface area contributed by atoms with Crippen molar-refractivity contribution >= 4 is 0 Å². The molecule has 0 radical (unpaired) electrons. The van der Waals surface area contributed by atoms with E-state index in [1.54, 1.807) is 18.3 Å². The maximum atomic E-state index is 5.62. The molecule has 0 aliphatic heterocycles. The first-order valence-corrected chi connectivity index (χ1v) is 6.25. The zero-order valence-corrected chi connectivity index (χ0v) is 11.0. The van der Waals surface area contributed by atoms with Crippen LogP contribution in [0.15, 0.2) is 53.2 Å². The van der Waals surface area contributed by atoms with Crippen molar-refractivity contribution < 1.29 is 9.26 Å². The predicted octanol–water partition coefficient (Wildman–Crippen LogP) is 3.02. The molecule has 0 bridgehead atoms. The van der Waals surface area contributed by atoms with Crippen molar-refractivity contribution in [2.75, 3.05) is 0 Å². The van der Waals surface area contributed by atoms with Gasteiger partial charge in [0.05, 0.1) is 5.56 Å². The summed E-state index contributed by atoms with van der Waals surface area (Å²) in [5.41, 5.74) is 2.72. The van der Waals surface area contributed by atoms with Gasteiger partial charge in [-0.15, -0.1) is 5.10 Å². The third-order valence-corrected chi connectivity index (χ3v) is 2.94. The third-order valence-electron chi connectivity index (χ3n) is 2.94. The Morgan fingerprint density at radius 1 is 1.10 bits per heavy atom. The number of hydrogen-bond donors (Lipinski definition) is 0. The lowest BCUT2D eigenvalue weighted by Gasteiger charge is -2.05. The molecule has 5 nitrogen and oxygen atoms in total. The number of nitrogens with zero attached hydrogens (tertiary/aromatic N) is 3. The lowest BCUT2D eigenvalue weighted by atomic mass is 10.1. The van der Waals surface area contributed by atoms with E-state index in [2.05, 4.69) is 15.4 Å². The Balaban J connectivity index is 1.85. The second kappa shape index (κ2) is 5.52. The molecule has 0 aliphatic carbocycles. The summed E-state index contributed by atoms with van der Waals surface area (Å²) in [7, 11) is 0. The van der Waals surface area contributed by atoms with E-state index in [0.717, 1.165) is 22.6 Å². The number of rotatable bonds is 4. The van der Waals surface area contributed by atoms with Gasteiger partial charge >= 0.3 is 0 Å². The molecule has 0 saturated heterocycles. The maximum Gasteiger partial charge on any atom is 0.233 e. The number of aromatic nitrogens is 3. The SMILES string of the molecule is Cc1onc(-c2ccccc2)c1COc1cccnn1. The first kappa shape index (κ1) is 12.3. The molecule has 5 heteroatoms. The summed E-state index contributed by atoms with van der Waals surface area (Å²) in [5.74, 6) is 1.22. The molecule has 0 spiro atoms. The zero-order chi connectivity index (χ0) is 13.8. The summed E-state index contributed by atoms with van der Waals surface area (Å²) in [6.45, 7) is 2.22. The monoisotopic (exact) mass is 267 g/mol. The Hall–Kier alpha value is -2.69. The predicted molar refractivity (Wildman–Crippen MR) is 73.0 cm³/mol. The van der Waals surface area contributed by atoms with Gasteiger partial charge in [0.15, 0.2) is 0 Å². The van der Waals surface area contributed by atoms with Crippen LogP contribution in [0.4, 0.5) is 0 Å². The van der Waals surface area contributed by atoms with Gasteiger partial charge in [-0.05, 0) is 13.0 Å². The van der Waals surface area contributed by atoms with Gasteiger partial charge in [0.25, 0.3) is 0 Å². The molecule has 0 atom stereocenters. The van der Waals surface area contributed by atoms with Crippen LogP contribution in [-0.2, 0) is 6.61 Å². The Bertz CT molecular complexity index is 681. The molecule has 20 heavy (non-hydrogen) atoms. The Labute approximate surface area is 116 Å². The molecule has 0 N–H and O–H groups in total. The molecule has 2 aromatic heterocycles. The molecule has 0 saturated carbocycles. The Kier molecular flexibility index (Phi) is 3.41. The second-order valence-corrected chi connectivity index (χ2v) is 4.28. The average Bonchev–Trinajstić information content (AvgIpc) is 2.88. The highest BCUT2D eigenvalue weighted by Crippen LogP contribution is 2.25. The van der Waals surface area contributed by atoms with E-state index in [1.807, 2.05) is 37.3 Å². The van der Waals surface area contributed by atoms with Crippen molar-refractivity contribution in [1.29, 1.82) is 0 Å². The van der Waals surface area contributed by atoms with Gasteiger partial charge in [0, 0.05) is 17.8 Å². The van der Waals surface area contributed by atoms with Gasteiger partial charge in [-0.25, -0.2) is 0 Å². The number of benzene rings is 1. The fraction of sp³-hybridized carbons (Fsp3) is 0.133. The van der Waals surface area contributed by atoms with Gasteiger partial charge in [-0.1, -0.05) is 35.5 Å². The lowest BCUT2D eigenvalue weighted by molar-refractivity contribution is 0.287. The van der Waals surface area contributed by atoms with Crippen molar-refractivity contribution in [2.24, 2.45) is 0 Å². The average molecular weight is 267 g/mol. The molecule has 3 rings (SSSR count). The molecular formula is C15H13N3O2. The number of ether oxygens (including phenoxy) is 1. The largest absolute Gasteiger partial charge is 0.472 e. The smallest absolute Gasteiger partial charge is 0.233 e. The van der Waals surface area contributed by atoms with Crippen molar-refractivity contribution in [1.82, 2.24) is 15.4 Å². The minimum atomic E-state index is 0.345. The van der Waals surface area contributed by atoms with E-state index in [9.17, 15) is 0 Å². The van der Waals surface area contributed by atoms with Gasteiger partial charge in [0.1, 0.15) is 18.1 Å². The summed E-state index contributed by atoms with van der Waals surface area (Å²) in [4.78, 5) is 0. The number of hydrogen-bond acceptors (Lipinski definition) is 5. The third kappa shape index (κ3) is 2.51. The van der Waals surface area contributed by atoms with E-state index < -0.39 is 0 Å². The van der Waals surface area contributed by atoms with Crippen LogP contribution in [0, 0.1) is 6.92 Å². The van der Waals surface area contributed by atoms with E-state index >= 15 is 0 Å². The summed E-state index contributed by atoms with van der Waals surface area (Å²) in [5, 5.41) is 11.8. The van der Waals surface area contributed by atoms with Crippen molar-refractivity contribution in [2.45, 2.75) is 13.5 Å². The maximum absolute atomic E-state index is 5.62. The van der Waals surface area contributed by atoms with Crippen LogP contribution in [0.25, 0.3) is 11.3 Å². The molecular weight excluding hydrogens is 254 g/mol. The highest BCUT2D eigenvalue weighted by Gasteiger charge is 2.15. The zero-order valence-electron chi connectivity index (χ0n) is 11.0. The fourth-order valence-corrected chi connectivity index (χ4v) is 1.89. The fourth-order valence-electron chi connectivity index (χ4n) is 1.89. The molecule has 2 heterocycles. The lowest BCUT2D eigenvalue weighted by Crippen LogP contribution is -2.00. The van der Waals surface area contributed by atoms with Gasteiger partial charge in [0.2, 0.25) is 5.88 Å². The van der Waals surface area contributed by atoms with Crippen molar-refractivity contribution in [3.05, 3.63) is 60.0 Å². The van der Waals surface area contributed by atoms with Crippen LogP contribution >= 0.6 is 0 Å². The van der Waals surface area contributed by atoms with Crippen LogP contribution < -0.4 is 4.74 Å². The van der Waals surface area contributed by atoms with Crippen LogP contribution in [0.2, 0.25) is 0 Å². The molecule has 3 aromatic rings.